The van der Waals surface area contributed by atoms with Crippen molar-refractivity contribution in [3.63, 3.8) is 0 Å². The topological polar surface area (TPSA) is 92.5 Å². The minimum atomic E-state index is -1.11. The molecule has 3 aromatic heterocycles. The molecule has 3 heterocycles. The molecule has 4 aromatic rings. The van der Waals surface area contributed by atoms with Crippen LogP contribution in [0.4, 0.5) is 0 Å². The highest BCUT2D eigenvalue weighted by molar-refractivity contribution is 5.89. The number of rotatable bonds is 3. The number of aromatic amines is 1. The molecule has 0 saturated carbocycles. The number of fused-ring (bicyclic) bond motifs is 2. The summed E-state index contributed by atoms with van der Waals surface area (Å²) in [4.78, 5) is 18.9. The quantitative estimate of drug-likeness (QED) is 0.599. The molecule has 0 amide bonds. The highest BCUT2D eigenvalue weighted by Gasteiger charge is 2.23. The summed E-state index contributed by atoms with van der Waals surface area (Å²) in [5.74, 6) is -0.867. The number of carboxylic acid groups (broad SMARTS) is 1. The maximum Gasteiger partial charge on any atom is 0.356 e. The Kier molecular flexibility index (Phi) is 3.24. The highest BCUT2D eigenvalue weighted by atomic mass is 16.5. The van der Waals surface area contributed by atoms with Gasteiger partial charge in [0.2, 0.25) is 5.88 Å². The zero-order valence-corrected chi connectivity index (χ0v) is 14.0. The number of aromatic nitrogens is 4. The van der Waals surface area contributed by atoms with Gasteiger partial charge in [-0.15, -0.1) is 0 Å². The van der Waals surface area contributed by atoms with E-state index in [0.29, 0.717) is 11.2 Å². The average molecular weight is 336 g/mol. The third-order valence-corrected chi connectivity index (χ3v) is 4.38. The molecule has 0 aliphatic heterocycles. The van der Waals surface area contributed by atoms with Gasteiger partial charge < -0.3 is 14.8 Å². The van der Waals surface area contributed by atoms with Crippen molar-refractivity contribution in [2.75, 3.05) is 7.11 Å². The number of methoxy groups -OCH3 is 1. The largest absolute Gasteiger partial charge is 0.479 e. The SMILES string of the molecule is COc1nc(C(=O)O)c(C)n2nc(-c3cc4ccccc4[nH]3)c(C)c12. The van der Waals surface area contributed by atoms with Crippen LogP contribution in [0.2, 0.25) is 0 Å². The lowest BCUT2D eigenvalue weighted by Crippen LogP contribution is -2.10. The van der Waals surface area contributed by atoms with Gasteiger partial charge in [-0.1, -0.05) is 18.2 Å². The summed E-state index contributed by atoms with van der Waals surface area (Å²) < 4.78 is 6.91. The average Bonchev–Trinajstić information content (AvgIpc) is 3.17. The molecule has 126 valence electrons. The molecule has 0 atom stereocenters. The number of hydrogen-bond acceptors (Lipinski definition) is 4. The second-order valence-electron chi connectivity index (χ2n) is 5.86. The van der Waals surface area contributed by atoms with Gasteiger partial charge in [0.25, 0.3) is 0 Å². The normalized spacial score (nSPS) is 11.3. The van der Waals surface area contributed by atoms with Crippen molar-refractivity contribution in [1.82, 2.24) is 19.6 Å². The Morgan fingerprint density at radius 1 is 1.28 bits per heavy atom. The van der Waals surface area contributed by atoms with Crippen LogP contribution in [0.25, 0.3) is 27.8 Å². The number of nitrogens with one attached hydrogen (secondary N) is 1. The van der Waals surface area contributed by atoms with Gasteiger partial charge in [0.15, 0.2) is 5.69 Å². The first-order chi connectivity index (χ1) is 12.0. The molecular formula is C18H16N4O3. The monoisotopic (exact) mass is 336 g/mol. The van der Waals surface area contributed by atoms with Gasteiger partial charge in [-0.2, -0.15) is 5.10 Å². The first-order valence-electron chi connectivity index (χ1n) is 7.76. The fraction of sp³-hybridized carbons (Fsp3) is 0.167. The van der Waals surface area contributed by atoms with Crippen LogP contribution in [0, 0.1) is 13.8 Å². The summed E-state index contributed by atoms with van der Waals surface area (Å²) in [6.45, 7) is 3.61. The summed E-state index contributed by atoms with van der Waals surface area (Å²) >= 11 is 0. The molecule has 0 spiro atoms. The number of carboxylic acids is 1. The van der Waals surface area contributed by atoms with Gasteiger partial charge in [-0.05, 0) is 26.0 Å². The van der Waals surface area contributed by atoms with Crippen LogP contribution in [0.1, 0.15) is 21.7 Å². The van der Waals surface area contributed by atoms with Crippen molar-refractivity contribution in [1.29, 1.82) is 0 Å². The summed E-state index contributed by atoms with van der Waals surface area (Å²) in [7, 11) is 1.47. The summed E-state index contributed by atoms with van der Waals surface area (Å²) in [5.41, 5.74) is 4.53. The van der Waals surface area contributed by atoms with Crippen LogP contribution >= 0.6 is 0 Å². The van der Waals surface area contributed by atoms with Crippen LogP contribution in [-0.2, 0) is 0 Å². The van der Waals surface area contributed by atoms with E-state index < -0.39 is 5.97 Å². The number of hydrogen-bond donors (Lipinski definition) is 2. The smallest absolute Gasteiger partial charge is 0.356 e. The molecule has 0 unspecified atom stereocenters. The van der Waals surface area contributed by atoms with E-state index >= 15 is 0 Å². The van der Waals surface area contributed by atoms with E-state index in [1.807, 2.05) is 37.3 Å². The second-order valence-corrected chi connectivity index (χ2v) is 5.86. The predicted molar refractivity (Wildman–Crippen MR) is 93.3 cm³/mol. The summed E-state index contributed by atoms with van der Waals surface area (Å²) in [6, 6.07) is 10.00. The number of benzene rings is 1. The molecule has 2 N–H and O–H groups in total. The number of aromatic carboxylic acids is 1. The van der Waals surface area contributed by atoms with E-state index in [4.69, 9.17) is 4.74 Å². The van der Waals surface area contributed by atoms with Crippen molar-refractivity contribution < 1.29 is 14.6 Å². The van der Waals surface area contributed by atoms with Crippen molar-refractivity contribution in [2.24, 2.45) is 0 Å². The summed E-state index contributed by atoms with van der Waals surface area (Å²) in [6.07, 6.45) is 0. The van der Waals surface area contributed by atoms with Crippen molar-refractivity contribution in [2.45, 2.75) is 13.8 Å². The van der Waals surface area contributed by atoms with E-state index in [9.17, 15) is 9.90 Å². The van der Waals surface area contributed by atoms with Crippen LogP contribution in [0.3, 0.4) is 0 Å². The van der Waals surface area contributed by atoms with Gasteiger partial charge in [-0.25, -0.2) is 14.3 Å². The molecule has 0 bridgehead atoms. The Balaban J connectivity index is 2.04. The number of nitrogens with zero attached hydrogens (tertiary/aromatic N) is 3. The minimum Gasteiger partial charge on any atom is -0.479 e. The van der Waals surface area contributed by atoms with Gasteiger partial charge in [-0.3, -0.25) is 0 Å². The van der Waals surface area contributed by atoms with Gasteiger partial charge in [0.05, 0.1) is 18.5 Å². The Hall–Kier alpha value is -3.35. The number of H-pyrrole nitrogens is 1. The molecule has 7 nitrogen and oxygen atoms in total. The predicted octanol–water partition coefficient (Wildman–Crippen LogP) is 3.20. The maximum absolute atomic E-state index is 11.4. The van der Waals surface area contributed by atoms with E-state index in [1.165, 1.54) is 7.11 Å². The Morgan fingerprint density at radius 3 is 2.72 bits per heavy atom. The molecule has 0 aliphatic carbocycles. The van der Waals surface area contributed by atoms with E-state index in [1.54, 1.807) is 11.4 Å². The molecular weight excluding hydrogens is 320 g/mol. The molecule has 0 fully saturated rings. The molecule has 7 heteroatoms. The van der Waals surface area contributed by atoms with E-state index in [0.717, 1.165) is 27.9 Å². The van der Waals surface area contributed by atoms with Crippen LogP contribution < -0.4 is 4.74 Å². The van der Waals surface area contributed by atoms with Crippen molar-refractivity contribution >= 4 is 22.4 Å². The zero-order valence-electron chi connectivity index (χ0n) is 14.0. The maximum atomic E-state index is 11.4. The Morgan fingerprint density at radius 2 is 2.04 bits per heavy atom. The lowest BCUT2D eigenvalue weighted by molar-refractivity contribution is 0.0687. The first kappa shape index (κ1) is 15.2. The lowest BCUT2D eigenvalue weighted by Gasteiger charge is -2.07. The first-order valence-corrected chi connectivity index (χ1v) is 7.76. The van der Waals surface area contributed by atoms with E-state index in [2.05, 4.69) is 15.1 Å². The number of carbonyl (C=O) groups is 1. The van der Waals surface area contributed by atoms with Gasteiger partial charge in [0, 0.05) is 16.5 Å². The third kappa shape index (κ3) is 2.16. The third-order valence-electron chi connectivity index (χ3n) is 4.38. The molecule has 0 saturated heterocycles. The Labute approximate surface area is 142 Å². The van der Waals surface area contributed by atoms with Crippen molar-refractivity contribution in [3.05, 3.63) is 47.3 Å². The number of para-hydroxylation sites is 1. The fourth-order valence-electron chi connectivity index (χ4n) is 3.13. The lowest BCUT2D eigenvalue weighted by atomic mass is 10.1. The molecule has 4 rings (SSSR count). The minimum absolute atomic E-state index is 0.0740. The number of ether oxygens (including phenoxy) is 1. The highest BCUT2D eigenvalue weighted by Crippen LogP contribution is 2.32. The van der Waals surface area contributed by atoms with Gasteiger partial charge >= 0.3 is 5.97 Å². The van der Waals surface area contributed by atoms with Gasteiger partial charge in [0.1, 0.15) is 11.2 Å². The number of aryl methyl sites for hydroxylation is 2. The Bertz CT molecular complexity index is 1110. The van der Waals surface area contributed by atoms with E-state index in [-0.39, 0.29) is 11.6 Å². The molecule has 0 radical (unpaired) electrons. The molecule has 0 aliphatic rings. The van der Waals surface area contributed by atoms with Crippen LogP contribution in [-0.4, -0.2) is 37.8 Å². The fourth-order valence-corrected chi connectivity index (χ4v) is 3.13. The van der Waals surface area contributed by atoms with Crippen molar-refractivity contribution in [3.8, 4) is 17.3 Å². The van der Waals surface area contributed by atoms with Crippen LogP contribution in [0.5, 0.6) is 5.88 Å². The standard InChI is InChI=1S/C18H16N4O3/c1-9-14(13-8-11-6-4-5-7-12(11)19-13)21-22-10(2)15(18(23)24)20-17(25-3)16(9)22/h4-8,19H,1-3H3,(H,23,24). The van der Waals surface area contributed by atoms with Crippen LogP contribution in [0.15, 0.2) is 30.3 Å². The molecule has 25 heavy (non-hydrogen) atoms. The second kappa shape index (κ2) is 5.34. The zero-order chi connectivity index (χ0) is 17.7. The molecule has 1 aromatic carbocycles. The summed E-state index contributed by atoms with van der Waals surface area (Å²) in [5, 5.41) is 15.1.